The van der Waals surface area contributed by atoms with Crippen LogP contribution in [0, 0.1) is 0 Å². The molecule has 0 saturated carbocycles. The highest BCUT2D eigenvalue weighted by molar-refractivity contribution is 5.92. The van der Waals surface area contributed by atoms with E-state index in [0.29, 0.717) is 0 Å². The summed E-state index contributed by atoms with van der Waals surface area (Å²) in [6.07, 6.45) is 1.30. The molecule has 5 heteroatoms. The summed E-state index contributed by atoms with van der Waals surface area (Å²) in [5.74, 6) is -0.264. The van der Waals surface area contributed by atoms with Crippen molar-refractivity contribution >= 4 is 5.91 Å². The molecule has 5 nitrogen and oxygen atoms in total. The van der Waals surface area contributed by atoms with Gasteiger partial charge in [-0.15, -0.1) is 10.5 Å². The maximum atomic E-state index is 10.6. The molecule has 0 bridgehead atoms. The van der Waals surface area contributed by atoms with Crippen LogP contribution in [0.15, 0.2) is 22.2 Å². The van der Waals surface area contributed by atoms with Gasteiger partial charge in [0.1, 0.15) is 0 Å². The SMILES string of the molecule is CNC(=O)C1=C[N]N=N1. The van der Waals surface area contributed by atoms with E-state index >= 15 is 0 Å². The van der Waals surface area contributed by atoms with Crippen LogP contribution in [0.2, 0.25) is 0 Å². The lowest BCUT2D eigenvalue weighted by atomic mass is 10.5. The average Bonchev–Trinajstić information content (AvgIpc) is 2.37. The molecule has 1 heterocycles. The molecule has 1 radical (unpaired) electrons. The number of carbonyl (C=O) groups is 1. The molecule has 1 N–H and O–H groups in total. The van der Waals surface area contributed by atoms with Crippen LogP contribution in [-0.4, -0.2) is 13.0 Å². The van der Waals surface area contributed by atoms with Crippen molar-refractivity contribution in [2.24, 2.45) is 10.3 Å². The van der Waals surface area contributed by atoms with Crippen molar-refractivity contribution < 1.29 is 4.79 Å². The van der Waals surface area contributed by atoms with Gasteiger partial charge in [-0.3, -0.25) is 4.79 Å². The van der Waals surface area contributed by atoms with Crippen LogP contribution in [0.3, 0.4) is 0 Å². The first-order valence-corrected chi connectivity index (χ1v) is 2.37. The molecular formula is C4H5N4O. The van der Waals surface area contributed by atoms with Gasteiger partial charge in [-0.2, -0.15) is 0 Å². The zero-order valence-corrected chi connectivity index (χ0v) is 4.83. The summed E-state index contributed by atoms with van der Waals surface area (Å²) in [7, 11) is 1.52. The fraction of sp³-hybridized carbons (Fsp3) is 0.250. The van der Waals surface area contributed by atoms with Gasteiger partial charge in [0, 0.05) is 7.05 Å². The lowest BCUT2D eigenvalue weighted by Crippen LogP contribution is -2.18. The van der Waals surface area contributed by atoms with Crippen molar-refractivity contribution in [3.05, 3.63) is 11.9 Å². The highest BCUT2D eigenvalue weighted by Gasteiger charge is 2.09. The summed E-state index contributed by atoms with van der Waals surface area (Å²) >= 11 is 0. The standard InChI is InChI=1S/C4H5N4O/c1-5-4(9)3-2-6-8-7-3/h2H,1H3,(H,5,9). The minimum Gasteiger partial charge on any atom is -0.354 e. The first-order chi connectivity index (χ1) is 4.34. The Bertz CT molecular complexity index is 183. The molecule has 0 aromatic heterocycles. The van der Waals surface area contributed by atoms with Crippen molar-refractivity contribution in [3.8, 4) is 0 Å². The topological polar surface area (TPSA) is 67.9 Å². The number of carbonyl (C=O) groups excluding carboxylic acids is 1. The van der Waals surface area contributed by atoms with Gasteiger partial charge in [0.05, 0.1) is 6.20 Å². The highest BCUT2D eigenvalue weighted by Crippen LogP contribution is 2.01. The van der Waals surface area contributed by atoms with Crippen molar-refractivity contribution in [2.45, 2.75) is 0 Å². The van der Waals surface area contributed by atoms with Crippen LogP contribution in [0.25, 0.3) is 0 Å². The number of hydrogen-bond acceptors (Lipinski definition) is 3. The fourth-order valence-corrected chi connectivity index (χ4v) is 0.412. The maximum Gasteiger partial charge on any atom is 0.273 e. The van der Waals surface area contributed by atoms with Crippen LogP contribution in [0.4, 0.5) is 0 Å². The van der Waals surface area contributed by atoms with Gasteiger partial charge < -0.3 is 5.32 Å². The third kappa shape index (κ3) is 1.04. The van der Waals surface area contributed by atoms with Gasteiger partial charge in [-0.05, 0) is 5.22 Å². The van der Waals surface area contributed by atoms with Gasteiger partial charge in [-0.1, -0.05) is 0 Å². The zero-order valence-electron chi connectivity index (χ0n) is 4.83. The second kappa shape index (κ2) is 2.25. The van der Waals surface area contributed by atoms with E-state index in [1.54, 1.807) is 0 Å². The Morgan fingerprint density at radius 3 is 3.00 bits per heavy atom. The summed E-state index contributed by atoms with van der Waals surface area (Å²) in [6.45, 7) is 0. The smallest absolute Gasteiger partial charge is 0.273 e. The molecule has 9 heavy (non-hydrogen) atoms. The Balaban J connectivity index is 2.62. The van der Waals surface area contributed by atoms with Gasteiger partial charge >= 0.3 is 0 Å². The summed E-state index contributed by atoms with van der Waals surface area (Å²) < 4.78 is 0. The van der Waals surface area contributed by atoms with E-state index in [-0.39, 0.29) is 11.6 Å². The van der Waals surface area contributed by atoms with E-state index in [1.165, 1.54) is 13.2 Å². The molecule has 0 fully saturated rings. The Labute approximate surface area is 51.8 Å². The minimum absolute atomic E-state index is 0.248. The monoisotopic (exact) mass is 125 g/mol. The van der Waals surface area contributed by atoms with E-state index in [4.69, 9.17) is 0 Å². The second-order valence-corrected chi connectivity index (χ2v) is 1.40. The Kier molecular flexibility index (Phi) is 1.44. The third-order valence-electron chi connectivity index (χ3n) is 0.844. The normalized spacial score (nSPS) is 14.6. The summed E-state index contributed by atoms with van der Waals surface area (Å²) in [5, 5.41) is 9.03. The molecule has 1 rings (SSSR count). The van der Waals surface area contributed by atoms with E-state index in [9.17, 15) is 4.79 Å². The number of rotatable bonds is 1. The largest absolute Gasteiger partial charge is 0.354 e. The summed E-state index contributed by atoms with van der Waals surface area (Å²) in [5.41, 5.74) is 3.62. The number of amides is 1. The quantitative estimate of drug-likeness (QED) is 0.507. The van der Waals surface area contributed by atoms with E-state index in [1.807, 2.05) is 0 Å². The molecular weight excluding hydrogens is 120 g/mol. The number of likely N-dealkylation sites (N-methyl/N-ethyl adjacent to an activating group) is 1. The predicted molar refractivity (Wildman–Crippen MR) is 29.1 cm³/mol. The lowest BCUT2D eigenvalue weighted by Gasteiger charge is -1.90. The molecule has 1 amide bonds. The van der Waals surface area contributed by atoms with Gasteiger partial charge in [-0.25, -0.2) is 0 Å². The molecule has 0 aromatic rings. The summed E-state index contributed by atoms with van der Waals surface area (Å²) in [4.78, 5) is 10.6. The van der Waals surface area contributed by atoms with Crippen LogP contribution in [0.5, 0.6) is 0 Å². The molecule has 1 aliphatic heterocycles. The highest BCUT2D eigenvalue weighted by atomic mass is 16.2. The van der Waals surface area contributed by atoms with Gasteiger partial charge in [0.25, 0.3) is 5.91 Å². The molecule has 0 aliphatic carbocycles. The van der Waals surface area contributed by atoms with E-state index in [2.05, 4.69) is 21.1 Å². The van der Waals surface area contributed by atoms with Crippen LogP contribution < -0.4 is 10.7 Å². The second-order valence-electron chi connectivity index (χ2n) is 1.40. The molecule has 1 aliphatic rings. The van der Waals surface area contributed by atoms with E-state index < -0.39 is 0 Å². The van der Waals surface area contributed by atoms with Crippen LogP contribution in [0.1, 0.15) is 0 Å². The molecule has 0 unspecified atom stereocenters. The Morgan fingerprint density at radius 2 is 2.56 bits per heavy atom. The first-order valence-electron chi connectivity index (χ1n) is 2.37. The minimum atomic E-state index is -0.264. The number of nitrogens with zero attached hydrogens (tertiary/aromatic N) is 3. The van der Waals surface area contributed by atoms with E-state index in [0.717, 1.165) is 0 Å². The average molecular weight is 125 g/mol. The van der Waals surface area contributed by atoms with Crippen molar-refractivity contribution in [2.75, 3.05) is 7.05 Å². The Hall–Kier alpha value is -1.39. The van der Waals surface area contributed by atoms with Crippen LogP contribution >= 0.6 is 0 Å². The fourth-order valence-electron chi connectivity index (χ4n) is 0.412. The van der Waals surface area contributed by atoms with Crippen molar-refractivity contribution in [1.29, 1.82) is 0 Å². The molecule has 0 spiro atoms. The Morgan fingerprint density at radius 1 is 1.78 bits per heavy atom. The van der Waals surface area contributed by atoms with Gasteiger partial charge in [0.15, 0.2) is 5.70 Å². The number of nitrogens with one attached hydrogen (secondary N) is 1. The molecule has 0 atom stereocenters. The molecule has 0 aromatic carbocycles. The number of hydrogen-bond donors (Lipinski definition) is 1. The third-order valence-corrected chi connectivity index (χ3v) is 0.844. The first kappa shape index (κ1) is 5.74. The van der Waals surface area contributed by atoms with Crippen molar-refractivity contribution in [1.82, 2.24) is 10.7 Å². The lowest BCUT2D eigenvalue weighted by molar-refractivity contribution is -0.117. The summed E-state index contributed by atoms with van der Waals surface area (Å²) in [6, 6.07) is 0. The maximum absolute atomic E-state index is 10.6. The van der Waals surface area contributed by atoms with Gasteiger partial charge in [0.2, 0.25) is 0 Å². The van der Waals surface area contributed by atoms with Crippen molar-refractivity contribution in [3.63, 3.8) is 0 Å². The molecule has 0 saturated heterocycles. The molecule has 47 valence electrons. The predicted octanol–water partition coefficient (Wildman–Crippen LogP) is -0.441. The zero-order chi connectivity index (χ0) is 6.69. The van der Waals surface area contributed by atoms with Crippen LogP contribution in [-0.2, 0) is 4.79 Å².